The van der Waals surface area contributed by atoms with E-state index in [0.29, 0.717) is 30.8 Å². The normalized spacial score (nSPS) is 25.8. The maximum absolute atomic E-state index is 12.6. The topological polar surface area (TPSA) is 64.7 Å². The Morgan fingerprint density at radius 1 is 1.07 bits per heavy atom. The molecule has 3 aliphatic heterocycles. The number of carbonyl (C=O) groups excluding carboxylic acids is 2. The van der Waals surface area contributed by atoms with Gasteiger partial charge in [0.05, 0.1) is 6.42 Å². The molecule has 8 heteroatoms. The van der Waals surface area contributed by atoms with Gasteiger partial charge >= 0.3 is 0 Å². The van der Waals surface area contributed by atoms with Crippen LogP contribution in [-0.4, -0.2) is 66.9 Å². The Kier molecular flexibility index (Phi) is 9.41. The molecule has 2 atom stereocenters. The minimum absolute atomic E-state index is 0. The molecule has 2 amide bonds. The minimum Gasteiger partial charge on any atom is -0.340 e. The van der Waals surface area contributed by atoms with E-state index in [1.807, 2.05) is 29.2 Å². The predicted octanol–water partition coefficient (Wildman–Crippen LogP) is 2.71. The largest absolute Gasteiger partial charge is 0.340 e. The molecular weight excluding hydrogens is 423 g/mol. The lowest BCUT2D eigenvalue weighted by molar-refractivity contribution is -0.132. The number of benzene rings is 1. The number of piperazine rings is 1. The van der Waals surface area contributed by atoms with Crippen LogP contribution in [0.5, 0.6) is 0 Å². The van der Waals surface area contributed by atoms with Crippen molar-refractivity contribution >= 4 is 42.3 Å². The molecular formula is C22H34Cl2N4O2. The number of halogens is 2. The van der Waals surface area contributed by atoms with Crippen molar-refractivity contribution in [3.8, 4) is 0 Å². The van der Waals surface area contributed by atoms with Crippen molar-refractivity contribution in [3.05, 3.63) is 29.8 Å². The van der Waals surface area contributed by atoms with E-state index in [2.05, 4.69) is 22.6 Å². The molecule has 1 aromatic carbocycles. The second-order valence-electron chi connectivity index (χ2n) is 8.79. The standard InChI is InChI=1S/C22H32N4O2.2ClH/c1-25-7-9-26(10-8-25)22(28)15-16-3-2-4-18(11-16)24-21(27)14-17-12-19-5-6-20(13-17)23-19;;/h2-4,11,17,19-20,23H,5-10,12-15H2,1H3,(H,24,27);2*1H. The van der Waals surface area contributed by atoms with E-state index in [1.165, 1.54) is 12.8 Å². The van der Waals surface area contributed by atoms with Gasteiger partial charge < -0.3 is 20.4 Å². The van der Waals surface area contributed by atoms with E-state index in [-0.39, 0.29) is 36.6 Å². The van der Waals surface area contributed by atoms with Crippen molar-refractivity contribution in [1.82, 2.24) is 15.1 Å². The lowest BCUT2D eigenvalue weighted by Crippen LogP contribution is -2.47. The number of anilines is 1. The summed E-state index contributed by atoms with van der Waals surface area (Å²) in [7, 11) is 2.09. The number of carbonyl (C=O) groups is 2. The molecule has 3 heterocycles. The minimum atomic E-state index is 0. The third-order valence-corrected chi connectivity index (χ3v) is 6.47. The van der Waals surface area contributed by atoms with Crippen LogP contribution in [0, 0.1) is 5.92 Å². The molecule has 3 fully saturated rings. The number of hydrogen-bond acceptors (Lipinski definition) is 4. The van der Waals surface area contributed by atoms with Gasteiger partial charge in [0, 0.05) is 50.4 Å². The van der Waals surface area contributed by atoms with Gasteiger partial charge in [-0.25, -0.2) is 0 Å². The van der Waals surface area contributed by atoms with Crippen LogP contribution in [0.3, 0.4) is 0 Å². The van der Waals surface area contributed by atoms with Crippen molar-refractivity contribution < 1.29 is 9.59 Å². The number of likely N-dealkylation sites (N-methyl/N-ethyl adjacent to an activating group) is 1. The first kappa shape index (κ1) is 24.9. The molecule has 1 aromatic rings. The average Bonchev–Trinajstić information content (AvgIpc) is 3.00. The van der Waals surface area contributed by atoms with Crippen LogP contribution < -0.4 is 10.6 Å². The van der Waals surface area contributed by atoms with Gasteiger partial charge in [-0.1, -0.05) is 12.1 Å². The molecule has 6 nitrogen and oxygen atoms in total. The summed E-state index contributed by atoms with van der Waals surface area (Å²) in [6, 6.07) is 8.97. The molecule has 0 spiro atoms. The summed E-state index contributed by atoms with van der Waals surface area (Å²) in [5, 5.41) is 6.68. The van der Waals surface area contributed by atoms with E-state index in [1.54, 1.807) is 0 Å². The summed E-state index contributed by atoms with van der Waals surface area (Å²) >= 11 is 0. The van der Waals surface area contributed by atoms with Gasteiger partial charge in [-0.05, 0) is 56.3 Å². The highest BCUT2D eigenvalue weighted by Gasteiger charge is 2.34. The van der Waals surface area contributed by atoms with Gasteiger partial charge in [-0.2, -0.15) is 0 Å². The zero-order chi connectivity index (χ0) is 19.5. The zero-order valence-electron chi connectivity index (χ0n) is 17.6. The Balaban J connectivity index is 0.00000160. The lowest BCUT2D eigenvalue weighted by atomic mass is 9.89. The van der Waals surface area contributed by atoms with Gasteiger partial charge in [0.2, 0.25) is 11.8 Å². The Morgan fingerprint density at radius 2 is 1.73 bits per heavy atom. The average molecular weight is 457 g/mol. The van der Waals surface area contributed by atoms with Crippen LogP contribution in [0.15, 0.2) is 24.3 Å². The molecule has 3 saturated heterocycles. The zero-order valence-corrected chi connectivity index (χ0v) is 19.3. The third kappa shape index (κ3) is 6.58. The summed E-state index contributed by atoms with van der Waals surface area (Å²) in [4.78, 5) is 29.3. The van der Waals surface area contributed by atoms with Crippen LogP contribution in [0.4, 0.5) is 5.69 Å². The summed E-state index contributed by atoms with van der Waals surface area (Å²) in [5.74, 6) is 0.747. The first-order valence-corrected chi connectivity index (χ1v) is 10.7. The Hall–Kier alpha value is -1.34. The molecule has 3 aliphatic rings. The molecule has 168 valence electrons. The maximum Gasteiger partial charge on any atom is 0.227 e. The Morgan fingerprint density at radius 3 is 2.40 bits per heavy atom. The highest BCUT2D eigenvalue weighted by Crippen LogP contribution is 2.32. The summed E-state index contributed by atoms with van der Waals surface area (Å²) in [6.45, 7) is 3.45. The SMILES string of the molecule is CN1CCN(C(=O)Cc2cccc(NC(=O)CC3CC4CCC(C3)N4)c2)CC1.Cl.Cl. The van der Waals surface area contributed by atoms with E-state index in [0.717, 1.165) is 50.3 Å². The van der Waals surface area contributed by atoms with E-state index >= 15 is 0 Å². The molecule has 2 bridgehead atoms. The van der Waals surface area contributed by atoms with Crippen molar-refractivity contribution in [2.75, 3.05) is 38.5 Å². The van der Waals surface area contributed by atoms with Crippen molar-refractivity contribution in [2.24, 2.45) is 5.92 Å². The summed E-state index contributed by atoms with van der Waals surface area (Å²) < 4.78 is 0. The van der Waals surface area contributed by atoms with E-state index < -0.39 is 0 Å². The lowest BCUT2D eigenvalue weighted by Gasteiger charge is -2.32. The fourth-order valence-electron chi connectivity index (χ4n) is 4.92. The monoisotopic (exact) mass is 456 g/mol. The number of nitrogens with zero attached hydrogens (tertiary/aromatic N) is 2. The molecule has 30 heavy (non-hydrogen) atoms. The first-order chi connectivity index (χ1) is 13.5. The fourth-order valence-corrected chi connectivity index (χ4v) is 4.92. The highest BCUT2D eigenvalue weighted by atomic mass is 35.5. The Labute approximate surface area is 192 Å². The van der Waals surface area contributed by atoms with Crippen molar-refractivity contribution in [3.63, 3.8) is 0 Å². The molecule has 0 radical (unpaired) electrons. The van der Waals surface area contributed by atoms with Gasteiger partial charge in [-0.15, -0.1) is 24.8 Å². The quantitative estimate of drug-likeness (QED) is 0.714. The predicted molar refractivity (Wildman–Crippen MR) is 125 cm³/mol. The van der Waals surface area contributed by atoms with Crippen LogP contribution in [-0.2, 0) is 16.0 Å². The smallest absolute Gasteiger partial charge is 0.227 e. The van der Waals surface area contributed by atoms with Gasteiger partial charge in [-0.3, -0.25) is 9.59 Å². The highest BCUT2D eigenvalue weighted by molar-refractivity contribution is 5.91. The second-order valence-corrected chi connectivity index (χ2v) is 8.79. The Bertz CT molecular complexity index is 713. The number of amides is 2. The van der Waals surface area contributed by atoms with Crippen LogP contribution in [0.2, 0.25) is 0 Å². The number of rotatable bonds is 5. The molecule has 0 aliphatic carbocycles. The number of piperidine rings is 1. The van der Waals surface area contributed by atoms with Crippen molar-refractivity contribution in [2.45, 2.75) is 50.6 Å². The van der Waals surface area contributed by atoms with Gasteiger partial charge in [0.15, 0.2) is 0 Å². The first-order valence-electron chi connectivity index (χ1n) is 10.7. The van der Waals surface area contributed by atoms with E-state index in [9.17, 15) is 9.59 Å². The van der Waals surface area contributed by atoms with Gasteiger partial charge in [0.1, 0.15) is 0 Å². The van der Waals surface area contributed by atoms with Crippen LogP contribution >= 0.6 is 24.8 Å². The third-order valence-electron chi connectivity index (χ3n) is 6.47. The number of hydrogen-bond donors (Lipinski definition) is 2. The summed E-state index contributed by atoms with van der Waals surface area (Å²) in [5.41, 5.74) is 1.76. The molecule has 0 aromatic heterocycles. The number of nitrogens with one attached hydrogen (secondary N) is 2. The van der Waals surface area contributed by atoms with Crippen LogP contribution in [0.25, 0.3) is 0 Å². The molecule has 2 N–H and O–H groups in total. The van der Waals surface area contributed by atoms with Gasteiger partial charge in [0.25, 0.3) is 0 Å². The molecule has 2 unspecified atom stereocenters. The fraction of sp³-hybridized carbons (Fsp3) is 0.636. The number of fused-ring (bicyclic) bond motifs is 2. The van der Waals surface area contributed by atoms with E-state index in [4.69, 9.17) is 0 Å². The summed E-state index contributed by atoms with van der Waals surface area (Å²) in [6.07, 6.45) is 5.73. The second kappa shape index (κ2) is 11.3. The molecule has 4 rings (SSSR count). The maximum atomic E-state index is 12.6. The van der Waals surface area contributed by atoms with Crippen LogP contribution in [0.1, 0.15) is 37.7 Å². The molecule has 0 saturated carbocycles. The van der Waals surface area contributed by atoms with Crippen molar-refractivity contribution in [1.29, 1.82) is 0 Å².